The van der Waals surface area contributed by atoms with Gasteiger partial charge in [-0.15, -0.1) is 0 Å². The first kappa shape index (κ1) is 9.44. The average Bonchev–Trinajstić information content (AvgIpc) is 2.17. The SMILES string of the molecule is CC1CCNc2cc(C(F)F)ccc21. The summed E-state index contributed by atoms with van der Waals surface area (Å²) in [5.41, 5.74) is 2.13. The third-order valence-corrected chi connectivity index (χ3v) is 2.75. The Bertz CT molecular complexity index is 336. The minimum absolute atomic E-state index is 0.102. The van der Waals surface area contributed by atoms with Crippen molar-refractivity contribution < 1.29 is 8.78 Å². The van der Waals surface area contributed by atoms with Crippen LogP contribution in [-0.2, 0) is 0 Å². The molecule has 1 heterocycles. The normalized spacial score (nSPS) is 20.4. The van der Waals surface area contributed by atoms with Crippen LogP contribution in [0.1, 0.15) is 36.8 Å². The van der Waals surface area contributed by atoms with Gasteiger partial charge in [-0.2, -0.15) is 0 Å². The Morgan fingerprint density at radius 2 is 2.21 bits per heavy atom. The molecule has 0 bridgehead atoms. The van der Waals surface area contributed by atoms with E-state index in [1.165, 1.54) is 6.07 Å². The molecule has 1 N–H and O–H groups in total. The maximum Gasteiger partial charge on any atom is 0.263 e. The Labute approximate surface area is 82.1 Å². The van der Waals surface area contributed by atoms with E-state index in [9.17, 15) is 8.78 Å². The molecule has 0 aromatic heterocycles. The minimum atomic E-state index is -2.38. The van der Waals surface area contributed by atoms with Crippen LogP contribution in [0.4, 0.5) is 14.5 Å². The topological polar surface area (TPSA) is 12.0 Å². The molecule has 1 aromatic rings. The number of anilines is 1. The van der Waals surface area contributed by atoms with Crippen molar-refractivity contribution >= 4 is 5.69 Å². The van der Waals surface area contributed by atoms with Crippen molar-refractivity contribution in [3.05, 3.63) is 29.3 Å². The van der Waals surface area contributed by atoms with Crippen LogP contribution >= 0.6 is 0 Å². The molecule has 0 fully saturated rings. The standard InChI is InChI=1S/C11H13F2N/c1-7-4-5-14-10-6-8(11(12)13)2-3-9(7)10/h2-3,6-7,11,14H,4-5H2,1H3. The second kappa shape index (κ2) is 3.56. The summed E-state index contributed by atoms with van der Waals surface area (Å²) in [6.45, 7) is 3.00. The predicted octanol–water partition coefficient (Wildman–Crippen LogP) is 3.54. The van der Waals surface area contributed by atoms with E-state index >= 15 is 0 Å². The maximum atomic E-state index is 12.4. The molecule has 3 heteroatoms. The van der Waals surface area contributed by atoms with Gasteiger partial charge in [0, 0.05) is 17.8 Å². The van der Waals surface area contributed by atoms with Crippen LogP contribution in [-0.4, -0.2) is 6.54 Å². The summed E-state index contributed by atoms with van der Waals surface area (Å²) in [5.74, 6) is 0.470. The van der Waals surface area contributed by atoms with Gasteiger partial charge in [0.15, 0.2) is 0 Å². The van der Waals surface area contributed by atoms with E-state index in [4.69, 9.17) is 0 Å². The van der Waals surface area contributed by atoms with E-state index in [0.29, 0.717) is 5.92 Å². The lowest BCUT2D eigenvalue weighted by molar-refractivity contribution is 0.151. The van der Waals surface area contributed by atoms with Gasteiger partial charge < -0.3 is 5.32 Å². The van der Waals surface area contributed by atoms with Crippen molar-refractivity contribution in [2.45, 2.75) is 25.7 Å². The first-order valence-electron chi connectivity index (χ1n) is 4.84. The first-order chi connectivity index (χ1) is 6.68. The molecule has 0 saturated carbocycles. The monoisotopic (exact) mass is 197 g/mol. The van der Waals surface area contributed by atoms with Crippen molar-refractivity contribution in [3.8, 4) is 0 Å². The second-order valence-electron chi connectivity index (χ2n) is 3.76. The Balaban J connectivity index is 2.39. The molecular formula is C11H13F2N. The molecule has 0 saturated heterocycles. The molecule has 0 aliphatic carbocycles. The van der Waals surface area contributed by atoms with Crippen LogP contribution in [0.5, 0.6) is 0 Å². The van der Waals surface area contributed by atoms with Gasteiger partial charge in [0.1, 0.15) is 0 Å². The third kappa shape index (κ3) is 1.59. The molecular weight excluding hydrogens is 184 g/mol. The van der Waals surface area contributed by atoms with Crippen LogP contribution in [0.2, 0.25) is 0 Å². The summed E-state index contributed by atoms with van der Waals surface area (Å²) in [5, 5.41) is 3.15. The molecule has 1 aromatic carbocycles. The highest BCUT2D eigenvalue weighted by molar-refractivity contribution is 5.56. The quantitative estimate of drug-likeness (QED) is 0.726. The summed E-state index contributed by atoms with van der Waals surface area (Å²) >= 11 is 0. The highest BCUT2D eigenvalue weighted by Crippen LogP contribution is 2.33. The van der Waals surface area contributed by atoms with Crippen molar-refractivity contribution in [2.75, 3.05) is 11.9 Å². The Kier molecular flexibility index (Phi) is 2.40. The Hall–Kier alpha value is -1.12. The van der Waals surface area contributed by atoms with Gasteiger partial charge in [-0.25, -0.2) is 8.78 Å². The molecule has 1 nitrogen and oxygen atoms in total. The van der Waals surface area contributed by atoms with Crippen molar-refractivity contribution in [1.82, 2.24) is 0 Å². The van der Waals surface area contributed by atoms with Gasteiger partial charge >= 0.3 is 0 Å². The van der Waals surface area contributed by atoms with Gasteiger partial charge in [-0.1, -0.05) is 19.1 Å². The minimum Gasteiger partial charge on any atom is -0.385 e. The van der Waals surface area contributed by atoms with Gasteiger partial charge in [0.25, 0.3) is 6.43 Å². The van der Waals surface area contributed by atoms with E-state index in [-0.39, 0.29) is 5.56 Å². The summed E-state index contributed by atoms with van der Waals surface area (Å²) in [6.07, 6.45) is -1.31. The van der Waals surface area contributed by atoms with Crippen molar-refractivity contribution in [3.63, 3.8) is 0 Å². The van der Waals surface area contributed by atoms with Gasteiger partial charge in [0.2, 0.25) is 0 Å². The number of hydrogen-bond donors (Lipinski definition) is 1. The zero-order valence-corrected chi connectivity index (χ0v) is 8.06. The number of nitrogens with one attached hydrogen (secondary N) is 1. The van der Waals surface area contributed by atoms with E-state index < -0.39 is 6.43 Å². The Morgan fingerprint density at radius 3 is 2.93 bits per heavy atom. The molecule has 1 aliphatic rings. The van der Waals surface area contributed by atoms with E-state index in [2.05, 4.69) is 12.2 Å². The Morgan fingerprint density at radius 1 is 1.43 bits per heavy atom. The predicted molar refractivity (Wildman–Crippen MR) is 52.9 cm³/mol. The molecule has 2 rings (SSSR count). The molecule has 0 amide bonds. The van der Waals surface area contributed by atoms with Gasteiger partial charge in [0.05, 0.1) is 0 Å². The molecule has 0 radical (unpaired) electrons. The highest BCUT2D eigenvalue weighted by Gasteiger charge is 2.17. The van der Waals surface area contributed by atoms with Crippen LogP contribution in [0.15, 0.2) is 18.2 Å². The zero-order chi connectivity index (χ0) is 10.1. The number of halogens is 2. The fourth-order valence-electron chi connectivity index (χ4n) is 1.87. The lowest BCUT2D eigenvalue weighted by atomic mass is 9.92. The summed E-state index contributed by atoms with van der Waals surface area (Å²) in [4.78, 5) is 0. The molecule has 14 heavy (non-hydrogen) atoms. The number of alkyl halides is 2. The molecule has 1 atom stereocenters. The van der Waals surface area contributed by atoms with E-state index in [1.807, 2.05) is 6.07 Å². The fraction of sp³-hybridized carbons (Fsp3) is 0.455. The average molecular weight is 197 g/mol. The third-order valence-electron chi connectivity index (χ3n) is 2.75. The molecule has 76 valence electrons. The van der Waals surface area contributed by atoms with E-state index in [1.54, 1.807) is 6.07 Å². The molecule has 1 aliphatic heterocycles. The first-order valence-corrected chi connectivity index (χ1v) is 4.84. The van der Waals surface area contributed by atoms with E-state index in [0.717, 1.165) is 24.2 Å². The molecule has 1 unspecified atom stereocenters. The number of benzene rings is 1. The lowest BCUT2D eigenvalue weighted by Gasteiger charge is -2.24. The summed E-state index contributed by atoms with van der Waals surface area (Å²) < 4.78 is 24.8. The zero-order valence-electron chi connectivity index (χ0n) is 8.06. The number of hydrogen-bond acceptors (Lipinski definition) is 1. The van der Waals surface area contributed by atoms with Crippen LogP contribution in [0, 0.1) is 0 Å². The second-order valence-corrected chi connectivity index (χ2v) is 3.76. The van der Waals surface area contributed by atoms with Crippen LogP contribution in [0.25, 0.3) is 0 Å². The van der Waals surface area contributed by atoms with Gasteiger partial charge in [-0.3, -0.25) is 0 Å². The smallest absolute Gasteiger partial charge is 0.263 e. The fourth-order valence-corrected chi connectivity index (χ4v) is 1.87. The van der Waals surface area contributed by atoms with Crippen molar-refractivity contribution in [1.29, 1.82) is 0 Å². The number of rotatable bonds is 1. The van der Waals surface area contributed by atoms with Crippen LogP contribution < -0.4 is 5.32 Å². The highest BCUT2D eigenvalue weighted by atomic mass is 19.3. The largest absolute Gasteiger partial charge is 0.385 e. The number of fused-ring (bicyclic) bond motifs is 1. The summed E-state index contributed by atoms with van der Waals surface area (Å²) in [6, 6.07) is 4.90. The van der Waals surface area contributed by atoms with Crippen LogP contribution in [0.3, 0.4) is 0 Å². The lowest BCUT2D eigenvalue weighted by Crippen LogP contribution is -2.15. The van der Waals surface area contributed by atoms with Crippen molar-refractivity contribution in [2.24, 2.45) is 0 Å². The van der Waals surface area contributed by atoms with Gasteiger partial charge in [-0.05, 0) is 24.0 Å². The molecule has 0 spiro atoms. The maximum absolute atomic E-state index is 12.4. The summed E-state index contributed by atoms with van der Waals surface area (Å²) in [7, 11) is 0.